The van der Waals surface area contributed by atoms with Crippen LogP contribution in [-0.4, -0.2) is 3.21 Å². The van der Waals surface area contributed by atoms with E-state index in [1.807, 2.05) is 3.21 Å². The molecule has 0 bridgehead atoms. The van der Waals surface area contributed by atoms with Gasteiger partial charge in [0.05, 0.1) is 0 Å². The summed E-state index contributed by atoms with van der Waals surface area (Å²) in [6.45, 7) is 14.1. The molecular weight excluding hydrogens is 599 g/mol. The summed E-state index contributed by atoms with van der Waals surface area (Å²) in [7, 11) is 0. The van der Waals surface area contributed by atoms with E-state index >= 15 is 0 Å². The van der Waals surface area contributed by atoms with Crippen LogP contribution in [0.1, 0.15) is 83.1 Å². The molecule has 2 aromatic carbocycles. The van der Waals surface area contributed by atoms with Crippen LogP contribution in [0.5, 0.6) is 0 Å². The van der Waals surface area contributed by atoms with E-state index in [2.05, 4.69) is 90.1 Å². The first-order chi connectivity index (χ1) is 14.1. The van der Waals surface area contributed by atoms with E-state index in [-0.39, 0.29) is 44.8 Å². The molecule has 0 heterocycles. The molecule has 0 amide bonds. The summed E-state index contributed by atoms with van der Waals surface area (Å²) in [4.78, 5) is 0. The van der Waals surface area contributed by atoms with Crippen LogP contribution in [0.3, 0.4) is 0 Å². The fourth-order valence-corrected chi connectivity index (χ4v) is 12.8. The van der Waals surface area contributed by atoms with Crippen molar-refractivity contribution in [2.24, 2.45) is 0 Å². The first-order valence-electron chi connectivity index (χ1n) is 11.5. The van der Waals surface area contributed by atoms with Gasteiger partial charge in [-0.1, -0.05) is 0 Å². The summed E-state index contributed by atoms with van der Waals surface area (Å²) in [5, 5.41) is 0. The molecule has 32 heavy (non-hydrogen) atoms. The van der Waals surface area contributed by atoms with Crippen LogP contribution < -0.4 is 37.2 Å². The predicted octanol–water partition coefficient (Wildman–Crippen LogP) is 0.914. The Morgan fingerprint density at radius 3 is 2.00 bits per heavy atom. The van der Waals surface area contributed by atoms with Crippen LogP contribution in [0.2, 0.25) is 0 Å². The number of halogens is 2. The summed E-state index contributed by atoms with van der Waals surface area (Å²) < 4.78 is 5.52. The molecule has 0 spiro atoms. The minimum absolute atomic E-state index is 0. The fraction of sp³-hybridized carbons (Fsp3) is 0.414. The van der Waals surface area contributed by atoms with Crippen molar-refractivity contribution in [3.05, 3.63) is 74.1 Å². The zero-order chi connectivity index (χ0) is 21.3. The van der Waals surface area contributed by atoms with Crippen LogP contribution in [-0.2, 0) is 38.5 Å². The van der Waals surface area contributed by atoms with Crippen LogP contribution in [0, 0.1) is 0 Å². The number of allylic oxidation sites excluding steroid dienone is 4. The predicted molar refractivity (Wildman–Crippen MR) is 128 cm³/mol. The Labute approximate surface area is 223 Å². The average molecular weight is 634 g/mol. The zero-order valence-corrected chi connectivity index (χ0v) is 25.8. The maximum Gasteiger partial charge on any atom is -1.00 e. The van der Waals surface area contributed by atoms with Gasteiger partial charge < -0.3 is 34.0 Å². The monoisotopic (exact) mass is 630 g/mol. The summed E-state index contributed by atoms with van der Waals surface area (Å²) >= 11 is -1.93. The smallest absolute Gasteiger partial charge is 1.00 e. The number of hydrogen-bond acceptors (Lipinski definition) is 0. The molecule has 0 atom stereocenters. The molecule has 0 aromatic heterocycles. The van der Waals surface area contributed by atoms with Gasteiger partial charge in [0.2, 0.25) is 0 Å². The Bertz CT molecular complexity index is 1140. The molecule has 2 aromatic rings. The molecule has 168 valence electrons. The molecule has 0 saturated heterocycles. The summed E-state index contributed by atoms with van der Waals surface area (Å²) in [5.41, 5.74) is 9.60. The third kappa shape index (κ3) is 4.87. The molecule has 1 saturated carbocycles. The minimum atomic E-state index is -1.93. The fourth-order valence-electron chi connectivity index (χ4n) is 4.93. The second-order valence-electron chi connectivity index (χ2n) is 11.4. The van der Waals surface area contributed by atoms with E-state index in [4.69, 9.17) is 0 Å². The Morgan fingerprint density at radius 2 is 1.44 bits per heavy atom. The van der Waals surface area contributed by atoms with E-state index < -0.39 is 21.3 Å². The van der Waals surface area contributed by atoms with E-state index in [1.54, 1.807) is 17.7 Å². The number of rotatable bonds is 2. The average Bonchev–Trinajstić information content (AvgIpc) is 3.21. The normalized spacial score (nSPS) is 15.8. The first kappa shape index (κ1) is 26.2. The first-order valence-corrected chi connectivity index (χ1v) is 15.2. The third-order valence-corrected chi connectivity index (χ3v) is 14.8. The van der Waals surface area contributed by atoms with Gasteiger partial charge in [-0.05, 0) is 0 Å². The Morgan fingerprint density at radius 1 is 0.781 bits per heavy atom. The molecule has 0 radical (unpaired) electrons. The summed E-state index contributed by atoms with van der Waals surface area (Å²) in [6, 6.07) is 12.5. The molecule has 3 aliphatic rings. The maximum absolute atomic E-state index is 2.65. The molecule has 5 rings (SSSR count). The summed E-state index contributed by atoms with van der Waals surface area (Å²) in [5.74, 6) is 0. The van der Waals surface area contributed by atoms with Crippen molar-refractivity contribution in [2.45, 2.75) is 78.1 Å². The van der Waals surface area contributed by atoms with Crippen molar-refractivity contribution in [3.63, 3.8) is 0 Å². The van der Waals surface area contributed by atoms with Gasteiger partial charge in [-0.15, -0.1) is 0 Å². The minimum Gasteiger partial charge on any atom is -1.00 e. The number of hydrogen-bond donors (Lipinski definition) is 0. The third-order valence-electron chi connectivity index (χ3n) is 6.96. The second kappa shape index (κ2) is 9.35. The molecule has 1 fully saturated rings. The maximum atomic E-state index is 2.65. The SMILES string of the molecule is CC(C)(C)c1ccc2c(c1)-c1cc(C(C)(C)C)c[c]([Zr+2]([C]3=CC=CC3)=[C]3CC3)c1C2.[Br-].[Br-]. The van der Waals surface area contributed by atoms with Crippen LogP contribution in [0.15, 0.2) is 51.8 Å². The zero-order valence-electron chi connectivity index (χ0n) is 20.2. The van der Waals surface area contributed by atoms with Crippen molar-refractivity contribution >= 4 is 6.48 Å². The Hall–Kier alpha value is -0.367. The van der Waals surface area contributed by atoms with Gasteiger partial charge >= 0.3 is 191 Å². The van der Waals surface area contributed by atoms with Crippen molar-refractivity contribution in [1.29, 1.82) is 0 Å². The number of fused-ring (bicyclic) bond motifs is 3. The van der Waals surface area contributed by atoms with E-state index in [0.29, 0.717) is 0 Å². The molecule has 3 aliphatic carbocycles. The quantitative estimate of drug-likeness (QED) is 0.394. The second-order valence-corrected chi connectivity index (χ2v) is 17.9. The topological polar surface area (TPSA) is 0 Å². The van der Waals surface area contributed by atoms with Crippen molar-refractivity contribution in [3.8, 4) is 11.1 Å². The van der Waals surface area contributed by atoms with E-state index in [1.165, 1.54) is 41.5 Å². The Balaban J connectivity index is 0.00000144. The molecule has 0 nitrogen and oxygen atoms in total. The van der Waals surface area contributed by atoms with E-state index in [9.17, 15) is 0 Å². The van der Waals surface area contributed by atoms with Crippen molar-refractivity contribution < 1.29 is 55.2 Å². The summed E-state index contributed by atoms with van der Waals surface area (Å²) in [6.07, 6.45) is 12.3. The van der Waals surface area contributed by atoms with Crippen LogP contribution >= 0.6 is 0 Å². The molecule has 3 heteroatoms. The van der Waals surface area contributed by atoms with E-state index in [0.717, 1.165) is 6.42 Å². The number of benzene rings is 2. The van der Waals surface area contributed by atoms with Gasteiger partial charge in [-0.25, -0.2) is 0 Å². The van der Waals surface area contributed by atoms with Crippen LogP contribution in [0.4, 0.5) is 0 Å². The van der Waals surface area contributed by atoms with Crippen molar-refractivity contribution in [1.82, 2.24) is 0 Å². The standard InChI is InChI=1S/C21H25.C5H5.C3H4.2BrH.Zr/c1-20(2,3)16-9-7-14-11-15-8-10-17(21(4,5)6)13-19(15)18(14)12-16;1-2-4-5-3-1;1-2-3-1;;;/h7,9-10,12-13H,11H2,1-6H3;1-3H,4H2;1-2H2;2*1H;/q;;;;;+2/p-2. The van der Waals surface area contributed by atoms with Gasteiger partial charge in [0.25, 0.3) is 0 Å². The van der Waals surface area contributed by atoms with Gasteiger partial charge in [-0.3, -0.25) is 0 Å². The van der Waals surface area contributed by atoms with Gasteiger partial charge in [0.1, 0.15) is 0 Å². The van der Waals surface area contributed by atoms with Gasteiger partial charge in [0, 0.05) is 0 Å². The Kier molecular flexibility index (Phi) is 7.67. The van der Waals surface area contributed by atoms with Gasteiger partial charge in [0.15, 0.2) is 0 Å². The van der Waals surface area contributed by atoms with Crippen LogP contribution in [0.25, 0.3) is 11.1 Å². The van der Waals surface area contributed by atoms with Crippen molar-refractivity contribution in [2.75, 3.05) is 0 Å². The molecule has 0 unspecified atom stereocenters. The molecule has 0 aliphatic heterocycles. The molecule has 0 N–H and O–H groups in total. The largest absolute Gasteiger partial charge is 1.00 e. The van der Waals surface area contributed by atoms with Gasteiger partial charge in [-0.2, -0.15) is 0 Å². The molecular formula is C29H34Br2Zr.